The number of hydrogen-bond acceptors (Lipinski definition) is 0. The van der Waals surface area contributed by atoms with Crippen molar-refractivity contribution >= 4 is 0 Å². The molecule has 0 fully saturated rings. The van der Waals surface area contributed by atoms with Gasteiger partial charge >= 0.3 is 42.2 Å². The maximum atomic E-state index is 13.5. The van der Waals surface area contributed by atoms with Gasteiger partial charge in [-0.25, -0.2) is 8.78 Å². The molecule has 0 aliphatic carbocycles. The summed E-state index contributed by atoms with van der Waals surface area (Å²) >= 11 is 0. The molecule has 0 nitrogen and oxygen atoms in total. The van der Waals surface area contributed by atoms with Crippen molar-refractivity contribution in [2.75, 3.05) is 0 Å². The molecule has 0 saturated heterocycles. The molecule has 0 atom stereocenters. The average Bonchev–Trinajstić information content (AvgIpc) is 2.27. The van der Waals surface area contributed by atoms with Crippen LogP contribution in [0.4, 0.5) is 74.6 Å². The second-order valence-corrected chi connectivity index (χ2v) is 4.31. The Kier molecular flexibility index (Phi) is 5.70. The van der Waals surface area contributed by atoms with E-state index in [1.165, 1.54) is 0 Å². The molecule has 155 valence electrons. The summed E-state index contributed by atoms with van der Waals surface area (Å²) in [6, 6.07) is 0. The molecule has 1 radical (unpaired) electrons. The minimum atomic E-state index is -8.03. The molecule has 0 aromatic heterocycles. The van der Waals surface area contributed by atoms with E-state index in [0.29, 0.717) is 0 Å². The van der Waals surface area contributed by atoms with E-state index >= 15 is 0 Å². The second kappa shape index (κ2) is 6.03. The zero-order chi connectivity index (χ0) is 21.8. The summed E-state index contributed by atoms with van der Waals surface area (Å²) in [7, 11) is 0. The van der Waals surface area contributed by atoms with Crippen LogP contribution in [0.1, 0.15) is 0 Å². The lowest BCUT2D eigenvalue weighted by Crippen LogP contribution is -2.66. The Balaban J connectivity index is 7.47. The summed E-state index contributed by atoms with van der Waals surface area (Å²) in [5, 5.41) is 0. The fraction of sp³-hybridized carbons (Fsp3) is 0.778. The first-order valence-corrected chi connectivity index (χ1v) is 5.21. The van der Waals surface area contributed by atoms with Crippen molar-refractivity contribution in [3.63, 3.8) is 0 Å². The third-order valence-corrected chi connectivity index (χ3v) is 2.52. The summed E-state index contributed by atoms with van der Waals surface area (Å²) in [6.45, 7) is 0. The van der Waals surface area contributed by atoms with Crippen molar-refractivity contribution in [1.82, 2.24) is 0 Å². The van der Waals surface area contributed by atoms with E-state index in [0.717, 1.165) is 0 Å². The molecule has 0 aliphatic heterocycles. The molecule has 0 saturated carbocycles. The number of halogens is 17. The smallest absolute Gasteiger partial charge is 0.218 e. The van der Waals surface area contributed by atoms with E-state index in [9.17, 15) is 74.6 Å². The van der Waals surface area contributed by atoms with Gasteiger partial charge in [0, 0.05) is 0 Å². The van der Waals surface area contributed by atoms with Gasteiger partial charge in [-0.3, -0.25) is 0 Å². The van der Waals surface area contributed by atoms with Crippen molar-refractivity contribution in [2.24, 2.45) is 0 Å². The third-order valence-electron chi connectivity index (χ3n) is 2.52. The Labute approximate surface area is 130 Å². The van der Waals surface area contributed by atoms with Crippen molar-refractivity contribution in [2.45, 2.75) is 42.2 Å². The van der Waals surface area contributed by atoms with Gasteiger partial charge in [-0.1, -0.05) is 0 Å². The molecule has 0 rings (SSSR count). The van der Waals surface area contributed by atoms with Gasteiger partial charge in [0.05, 0.1) is 11.6 Å². The van der Waals surface area contributed by atoms with E-state index in [1.807, 2.05) is 0 Å². The third kappa shape index (κ3) is 3.94. The number of hydrogen-bond donors (Lipinski definition) is 0. The quantitative estimate of drug-likeness (QED) is 0.475. The van der Waals surface area contributed by atoms with Crippen molar-refractivity contribution in [3.8, 4) is 0 Å². The van der Waals surface area contributed by atoms with Crippen LogP contribution >= 0.6 is 0 Å². The Morgan fingerprint density at radius 3 is 0.692 bits per heavy atom. The summed E-state index contributed by atoms with van der Waals surface area (Å²) in [4.78, 5) is 0. The first kappa shape index (κ1) is 24.6. The minimum Gasteiger partial charge on any atom is -0.218 e. The minimum absolute atomic E-state index is 1.55. The van der Waals surface area contributed by atoms with Gasteiger partial charge < -0.3 is 0 Å². The molecular weight excluding hydrogens is 431 g/mol. The molecule has 26 heavy (non-hydrogen) atoms. The molecule has 17 heteroatoms. The highest BCUT2D eigenvalue weighted by Crippen LogP contribution is 2.61. The van der Waals surface area contributed by atoms with E-state index in [2.05, 4.69) is 0 Å². The summed E-state index contributed by atoms with van der Waals surface area (Å²) in [5.41, 5.74) is -21.5. The molecule has 0 bridgehead atoms. The van der Waals surface area contributed by atoms with Crippen LogP contribution < -0.4 is 0 Å². The molecule has 0 heterocycles. The fourth-order valence-corrected chi connectivity index (χ4v) is 1.44. The second-order valence-electron chi connectivity index (χ2n) is 4.31. The summed E-state index contributed by atoms with van der Waals surface area (Å²) in [6.07, 6.45) is -40.2. The zero-order valence-corrected chi connectivity index (χ0v) is 10.9. The molecule has 0 amide bonds. The van der Waals surface area contributed by atoms with Crippen LogP contribution in [0, 0.1) is 6.08 Å². The summed E-state index contributed by atoms with van der Waals surface area (Å²) < 4.78 is 211. The van der Waals surface area contributed by atoms with E-state index in [-0.39, 0.29) is 0 Å². The monoisotopic (exact) mass is 431 g/mol. The first-order valence-electron chi connectivity index (χ1n) is 5.21. The Morgan fingerprint density at radius 1 is 0.385 bits per heavy atom. The molecule has 0 aromatic carbocycles. The largest absolute Gasteiger partial charge is 0.435 e. The van der Waals surface area contributed by atoms with Gasteiger partial charge in [-0.2, -0.15) is 65.9 Å². The van der Waals surface area contributed by atoms with E-state index < -0.39 is 53.9 Å². The molecule has 0 aromatic rings. The molecule has 0 spiro atoms. The van der Waals surface area contributed by atoms with Crippen molar-refractivity contribution in [3.05, 3.63) is 11.6 Å². The van der Waals surface area contributed by atoms with Gasteiger partial charge in [-0.15, -0.1) is 0 Å². The van der Waals surface area contributed by atoms with Gasteiger partial charge in [0.25, 0.3) is 0 Å². The maximum absolute atomic E-state index is 13.5. The Hall–Kier alpha value is -1.45. The molecule has 0 aliphatic rings. The highest BCUT2D eigenvalue weighted by Gasteiger charge is 2.86. The molecular formula is C9F17. The van der Waals surface area contributed by atoms with Crippen LogP contribution in [0.25, 0.3) is 0 Å². The maximum Gasteiger partial charge on any atom is 0.435 e. The standard InChI is InChI=1S/C9F17/c10-3(11,12)1-2(4(13,6(15,16)17)7(18,19)20)5(14,8(21,22)23)9(24,25)26. The predicted octanol–water partition coefficient (Wildman–Crippen LogP) is 5.94. The van der Waals surface area contributed by atoms with E-state index in [4.69, 9.17) is 0 Å². The number of rotatable bonds is 2. The van der Waals surface area contributed by atoms with Crippen LogP contribution in [0.3, 0.4) is 0 Å². The predicted molar refractivity (Wildman–Crippen MR) is 44.7 cm³/mol. The highest BCUT2D eigenvalue weighted by atomic mass is 19.4. The average molecular weight is 431 g/mol. The fourth-order valence-electron chi connectivity index (χ4n) is 1.44. The lowest BCUT2D eigenvalue weighted by Gasteiger charge is -2.40. The SMILES string of the molecule is FC(F)(F)[C]=C(C(F)(C(F)(F)F)C(F)(F)F)C(F)(C(F)(F)F)C(F)(F)F. The first-order chi connectivity index (χ1) is 10.8. The lowest BCUT2D eigenvalue weighted by molar-refractivity contribution is -0.364. The van der Waals surface area contributed by atoms with Crippen LogP contribution in [0.5, 0.6) is 0 Å². The zero-order valence-electron chi connectivity index (χ0n) is 10.9. The van der Waals surface area contributed by atoms with Gasteiger partial charge in [-0.05, 0) is 0 Å². The highest BCUT2D eigenvalue weighted by molar-refractivity contribution is 5.35. The normalized spacial score (nSPS) is 15.9. The van der Waals surface area contributed by atoms with Crippen molar-refractivity contribution in [1.29, 1.82) is 0 Å². The molecule has 0 N–H and O–H groups in total. The van der Waals surface area contributed by atoms with Crippen LogP contribution in [-0.4, -0.2) is 42.2 Å². The van der Waals surface area contributed by atoms with Gasteiger partial charge in [0.1, 0.15) is 0 Å². The van der Waals surface area contributed by atoms with E-state index in [1.54, 1.807) is 0 Å². The summed E-state index contributed by atoms with van der Waals surface area (Å²) in [5.74, 6) is 0. The van der Waals surface area contributed by atoms with Gasteiger partial charge in [0.15, 0.2) is 0 Å². The van der Waals surface area contributed by atoms with Crippen LogP contribution in [-0.2, 0) is 0 Å². The Bertz CT molecular complexity index is 463. The van der Waals surface area contributed by atoms with Crippen LogP contribution in [0.15, 0.2) is 5.57 Å². The number of allylic oxidation sites excluding steroid dienone is 2. The Morgan fingerprint density at radius 2 is 0.577 bits per heavy atom. The molecule has 0 unspecified atom stereocenters. The lowest BCUT2D eigenvalue weighted by atomic mass is 9.80. The number of alkyl halides is 17. The topological polar surface area (TPSA) is 0 Å². The van der Waals surface area contributed by atoms with Gasteiger partial charge in [0.2, 0.25) is 0 Å². The van der Waals surface area contributed by atoms with Crippen LogP contribution in [0.2, 0.25) is 0 Å². The van der Waals surface area contributed by atoms with Crippen molar-refractivity contribution < 1.29 is 74.6 Å².